The van der Waals surface area contributed by atoms with E-state index in [0.29, 0.717) is 11.3 Å². The van der Waals surface area contributed by atoms with Crippen molar-refractivity contribution in [2.75, 3.05) is 20.3 Å². The summed E-state index contributed by atoms with van der Waals surface area (Å²) in [4.78, 5) is 36.6. The zero-order valence-electron chi connectivity index (χ0n) is 14.4. The van der Waals surface area contributed by atoms with Crippen LogP contribution in [-0.2, 0) is 30.3 Å². The Morgan fingerprint density at radius 3 is 1.88 bits per heavy atom. The zero-order chi connectivity index (χ0) is 18.2. The van der Waals surface area contributed by atoms with Crippen molar-refractivity contribution in [2.24, 2.45) is 0 Å². The second kappa shape index (κ2) is 8.90. The third-order valence-electron chi connectivity index (χ3n) is 3.27. The zero-order valence-corrected chi connectivity index (χ0v) is 14.4. The molecule has 0 aromatic heterocycles. The number of amides is 1. The van der Waals surface area contributed by atoms with Crippen molar-refractivity contribution in [1.29, 1.82) is 0 Å². The van der Waals surface area contributed by atoms with Crippen LogP contribution in [0.15, 0.2) is 24.3 Å². The average molecular weight is 337 g/mol. The Balaban J connectivity index is 3.27. The number of ether oxygens (including phenoxy) is 3. The van der Waals surface area contributed by atoms with Gasteiger partial charge in [0.25, 0.3) is 0 Å². The Morgan fingerprint density at radius 2 is 1.50 bits per heavy atom. The molecule has 0 aliphatic rings. The Morgan fingerprint density at radius 1 is 1.00 bits per heavy atom. The van der Waals surface area contributed by atoms with E-state index < -0.39 is 23.4 Å². The van der Waals surface area contributed by atoms with Crippen molar-refractivity contribution in [3.8, 4) is 5.75 Å². The molecule has 24 heavy (non-hydrogen) atoms. The van der Waals surface area contributed by atoms with E-state index in [1.807, 2.05) is 0 Å². The first kappa shape index (κ1) is 19.5. The topological polar surface area (TPSA) is 90.9 Å². The van der Waals surface area contributed by atoms with Gasteiger partial charge in [-0.2, -0.15) is 0 Å². The summed E-state index contributed by atoms with van der Waals surface area (Å²) in [5, 5.41) is 2.42. The highest BCUT2D eigenvalue weighted by atomic mass is 16.6. The largest absolute Gasteiger partial charge is 0.497 e. The minimum absolute atomic E-state index is 0.0716. The van der Waals surface area contributed by atoms with Crippen molar-refractivity contribution < 1.29 is 28.6 Å². The smallest absolute Gasteiger partial charge is 0.344 e. The van der Waals surface area contributed by atoms with E-state index in [2.05, 4.69) is 5.32 Å². The van der Waals surface area contributed by atoms with Crippen molar-refractivity contribution in [2.45, 2.75) is 32.7 Å². The van der Waals surface area contributed by atoms with Gasteiger partial charge in [0, 0.05) is 13.3 Å². The van der Waals surface area contributed by atoms with E-state index in [0.717, 1.165) is 0 Å². The molecule has 1 N–H and O–H groups in total. The van der Waals surface area contributed by atoms with Crippen LogP contribution in [0.2, 0.25) is 0 Å². The van der Waals surface area contributed by atoms with Crippen LogP contribution in [0.25, 0.3) is 0 Å². The molecule has 0 fully saturated rings. The number of hydrogen-bond donors (Lipinski definition) is 1. The summed E-state index contributed by atoms with van der Waals surface area (Å²) >= 11 is 0. The van der Waals surface area contributed by atoms with Gasteiger partial charge in [0.1, 0.15) is 5.75 Å². The minimum Gasteiger partial charge on any atom is -0.497 e. The average Bonchev–Trinajstić information content (AvgIpc) is 2.54. The predicted octanol–water partition coefficient (Wildman–Crippen LogP) is 1.24. The first-order valence-corrected chi connectivity index (χ1v) is 7.65. The normalized spacial score (nSPS) is 10.7. The molecule has 7 heteroatoms. The Kier molecular flexibility index (Phi) is 7.23. The number of hydrogen-bond acceptors (Lipinski definition) is 6. The van der Waals surface area contributed by atoms with Crippen LogP contribution in [0, 0.1) is 0 Å². The van der Waals surface area contributed by atoms with Crippen molar-refractivity contribution >= 4 is 17.8 Å². The number of methoxy groups -OCH3 is 1. The highest BCUT2D eigenvalue weighted by Crippen LogP contribution is 2.21. The first-order valence-electron chi connectivity index (χ1n) is 7.65. The molecular formula is C17H23NO6. The maximum absolute atomic E-state index is 12.5. The number of nitrogens with one attached hydrogen (secondary N) is 1. The van der Waals surface area contributed by atoms with Crippen molar-refractivity contribution in [1.82, 2.24) is 5.32 Å². The first-order chi connectivity index (χ1) is 11.4. The number of esters is 2. The molecule has 1 aromatic carbocycles. The van der Waals surface area contributed by atoms with Gasteiger partial charge in [-0.05, 0) is 31.5 Å². The summed E-state index contributed by atoms with van der Waals surface area (Å²) in [6, 6.07) is 6.80. The third kappa shape index (κ3) is 4.71. The monoisotopic (exact) mass is 337 g/mol. The van der Waals surface area contributed by atoms with Gasteiger partial charge in [-0.3, -0.25) is 4.79 Å². The van der Waals surface area contributed by atoms with Gasteiger partial charge in [-0.15, -0.1) is 0 Å². The summed E-state index contributed by atoms with van der Waals surface area (Å²) in [6.07, 6.45) is -0.0890. The van der Waals surface area contributed by atoms with Crippen LogP contribution >= 0.6 is 0 Å². The molecule has 7 nitrogen and oxygen atoms in total. The SMILES string of the molecule is CCOC(=O)C(Cc1ccc(OC)cc1)(NC(C)=O)C(=O)OCC. The minimum atomic E-state index is -1.92. The fourth-order valence-electron chi connectivity index (χ4n) is 2.23. The summed E-state index contributed by atoms with van der Waals surface area (Å²) in [7, 11) is 1.54. The van der Waals surface area contributed by atoms with Crippen LogP contribution in [0.4, 0.5) is 0 Å². The Bertz CT molecular complexity index is 563. The highest BCUT2D eigenvalue weighted by Gasteiger charge is 2.50. The van der Waals surface area contributed by atoms with Gasteiger partial charge in [-0.25, -0.2) is 9.59 Å². The standard InChI is InChI=1S/C17H23NO6/c1-5-23-15(20)17(18-12(3)19,16(21)24-6-2)11-13-7-9-14(22-4)10-8-13/h7-10H,5-6,11H2,1-4H3,(H,18,19). The predicted molar refractivity (Wildman–Crippen MR) is 86.5 cm³/mol. The lowest BCUT2D eigenvalue weighted by atomic mass is 9.90. The molecule has 0 spiro atoms. The van der Waals surface area contributed by atoms with Gasteiger partial charge in [0.2, 0.25) is 11.4 Å². The molecule has 0 saturated heterocycles. The van der Waals surface area contributed by atoms with Crippen LogP contribution in [0.3, 0.4) is 0 Å². The van der Waals surface area contributed by atoms with E-state index in [1.165, 1.54) is 14.0 Å². The molecule has 0 aliphatic carbocycles. The van der Waals surface area contributed by atoms with E-state index >= 15 is 0 Å². The van der Waals surface area contributed by atoms with E-state index in [4.69, 9.17) is 14.2 Å². The van der Waals surface area contributed by atoms with Crippen LogP contribution < -0.4 is 10.1 Å². The van der Waals surface area contributed by atoms with Crippen LogP contribution in [0.5, 0.6) is 5.75 Å². The molecule has 0 aliphatic heterocycles. The second-order valence-corrected chi connectivity index (χ2v) is 5.05. The maximum Gasteiger partial charge on any atom is 0.344 e. The molecule has 1 amide bonds. The van der Waals surface area contributed by atoms with E-state index in [-0.39, 0.29) is 19.6 Å². The van der Waals surface area contributed by atoms with Crippen molar-refractivity contribution in [3.63, 3.8) is 0 Å². The Hall–Kier alpha value is -2.57. The van der Waals surface area contributed by atoms with E-state index in [9.17, 15) is 14.4 Å². The van der Waals surface area contributed by atoms with Gasteiger partial charge >= 0.3 is 11.9 Å². The van der Waals surface area contributed by atoms with Crippen LogP contribution in [0.1, 0.15) is 26.3 Å². The molecule has 0 bridgehead atoms. The summed E-state index contributed by atoms with van der Waals surface area (Å²) in [5.41, 5.74) is -1.28. The maximum atomic E-state index is 12.5. The quantitative estimate of drug-likeness (QED) is 0.567. The van der Waals surface area contributed by atoms with Crippen LogP contribution in [-0.4, -0.2) is 43.7 Å². The van der Waals surface area contributed by atoms with Gasteiger partial charge in [0.15, 0.2) is 0 Å². The molecule has 0 saturated carbocycles. The van der Waals surface area contributed by atoms with E-state index in [1.54, 1.807) is 38.1 Å². The number of carbonyl (C=O) groups is 3. The van der Waals surface area contributed by atoms with Gasteiger partial charge < -0.3 is 19.5 Å². The lowest BCUT2D eigenvalue weighted by Gasteiger charge is -2.29. The number of rotatable bonds is 8. The second-order valence-electron chi connectivity index (χ2n) is 5.05. The molecule has 0 atom stereocenters. The lowest BCUT2D eigenvalue weighted by Crippen LogP contribution is -2.62. The number of carbonyl (C=O) groups excluding carboxylic acids is 3. The molecule has 0 heterocycles. The fraction of sp³-hybridized carbons (Fsp3) is 0.471. The highest BCUT2D eigenvalue weighted by molar-refractivity contribution is 6.08. The third-order valence-corrected chi connectivity index (χ3v) is 3.27. The summed E-state index contributed by atoms with van der Waals surface area (Å²) < 4.78 is 15.1. The molecule has 0 unspecified atom stereocenters. The molecule has 1 aromatic rings. The van der Waals surface area contributed by atoms with Gasteiger partial charge in [0.05, 0.1) is 20.3 Å². The molecular weight excluding hydrogens is 314 g/mol. The summed E-state index contributed by atoms with van der Waals surface area (Å²) in [5.74, 6) is -1.61. The molecule has 132 valence electrons. The number of benzene rings is 1. The Labute approximate surface area is 141 Å². The van der Waals surface area contributed by atoms with Gasteiger partial charge in [-0.1, -0.05) is 12.1 Å². The molecule has 1 rings (SSSR count). The fourth-order valence-corrected chi connectivity index (χ4v) is 2.23. The van der Waals surface area contributed by atoms with Crippen molar-refractivity contribution in [3.05, 3.63) is 29.8 Å². The molecule has 0 radical (unpaired) electrons. The lowest BCUT2D eigenvalue weighted by molar-refractivity contribution is -0.168. The summed E-state index contributed by atoms with van der Waals surface area (Å²) in [6.45, 7) is 4.61.